The maximum absolute atomic E-state index is 7.72. The van der Waals surface area contributed by atoms with Crippen LogP contribution in [-0.2, 0) is 19.5 Å². The van der Waals surface area contributed by atoms with Crippen LogP contribution in [0.5, 0.6) is 0 Å². The second-order valence-electron chi connectivity index (χ2n) is 7.06. The van der Waals surface area contributed by atoms with Crippen molar-refractivity contribution >= 4 is 23.1 Å². The molecule has 0 N–H and O–H groups in total. The van der Waals surface area contributed by atoms with Gasteiger partial charge in [-0.05, 0) is 0 Å². The molecule has 0 fully saturated rings. The number of halogens is 2. The fourth-order valence-electron chi connectivity index (χ4n) is 4.43. The van der Waals surface area contributed by atoms with Crippen molar-refractivity contribution < 1.29 is 16.4 Å². The quantitative estimate of drug-likeness (QED) is 0.384. The molecule has 3 rings (SSSR count). The van der Waals surface area contributed by atoms with Crippen LogP contribution in [0.1, 0.15) is 37.3 Å². The van der Waals surface area contributed by atoms with Gasteiger partial charge in [0.25, 0.3) is 0 Å². The predicted molar refractivity (Wildman–Crippen MR) is 105 cm³/mol. The zero-order valence-corrected chi connectivity index (χ0v) is 18.2. The summed E-state index contributed by atoms with van der Waals surface area (Å²) in [5.41, 5.74) is 2.55. The molecule has 0 saturated heterocycles. The van der Waals surface area contributed by atoms with Gasteiger partial charge >= 0.3 is 155 Å². The summed E-state index contributed by atoms with van der Waals surface area (Å²) in [7, 11) is 15.4. The number of fused-ring (bicyclic) bond motifs is 1. The fraction of sp³-hybridized carbons (Fsp3) is 0.333. The van der Waals surface area contributed by atoms with Gasteiger partial charge in [-0.1, -0.05) is 0 Å². The van der Waals surface area contributed by atoms with E-state index in [0.717, 1.165) is 23.4 Å². The Hall–Kier alpha value is -0.357. The molecular formula is C21H25Cl2Zr. The van der Waals surface area contributed by atoms with Crippen molar-refractivity contribution in [2.45, 2.75) is 37.1 Å². The monoisotopic (exact) mass is 437 g/mol. The van der Waals surface area contributed by atoms with E-state index in [1.807, 2.05) is 6.08 Å². The van der Waals surface area contributed by atoms with Crippen molar-refractivity contribution in [1.82, 2.24) is 0 Å². The van der Waals surface area contributed by atoms with E-state index >= 15 is 0 Å². The van der Waals surface area contributed by atoms with Gasteiger partial charge in [-0.2, -0.15) is 0 Å². The van der Waals surface area contributed by atoms with Crippen molar-refractivity contribution in [2.24, 2.45) is 0 Å². The molecule has 0 heterocycles. The van der Waals surface area contributed by atoms with Crippen molar-refractivity contribution in [1.29, 1.82) is 0 Å². The van der Waals surface area contributed by atoms with Gasteiger partial charge < -0.3 is 0 Å². The minimum atomic E-state index is -4.34. The topological polar surface area (TPSA) is 0 Å². The second kappa shape index (κ2) is 6.75. The van der Waals surface area contributed by atoms with Crippen LogP contribution in [0.15, 0.2) is 67.3 Å². The summed E-state index contributed by atoms with van der Waals surface area (Å²) in [6.07, 6.45) is 18.2. The molecule has 1 aromatic carbocycles. The summed E-state index contributed by atoms with van der Waals surface area (Å²) in [5, 5.41) is 0. The Morgan fingerprint density at radius 3 is 2.58 bits per heavy atom. The van der Waals surface area contributed by atoms with Gasteiger partial charge in [0.15, 0.2) is 0 Å². The van der Waals surface area contributed by atoms with Crippen LogP contribution < -0.4 is 0 Å². The van der Waals surface area contributed by atoms with Gasteiger partial charge in [0, 0.05) is 0 Å². The third-order valence-electron chi connectivity index (χ3n) is 5.76. The first-order chi connectivity index (χ1) is 11.5. The number of allylic oxidation sites excluding steroid dienone is 6. The summed E-state index contributed by atoms with van der Waals surface area (Å²) in [6, 6.07) is 8.57. The SMILES string of the molecule is C=CC[C]1([Zr]([Cl])([Cl])([CH2]CCC)[CH]2C=CC=C2)C=Cc2ccccc21. The van der Waals surface area contributed by atoms with Crippen LogP contribution in [0.4, 0.5) is 0 Å². The van der Waals surface area contributed by atoms with Gasteiger partial charge in [0.1, 0.15) is 0 Å². The summed E-state index contributed by atoms with van der Waals surface area (Å²) in [5.74, 6) is 0. The molecule has 0 radical (unpaired) electrons. The number of hydrogen-bond acceptors (Lipinski definition) is 0. The molecule has 1 atom stereocenters. The molecule has 1 unspecified atom stereocenters. The Balaban J connectivity index is 2.24. The average Bonchev–Trinajstić information content (AvgIpc) is 3.24. The molecular weight excluding hydrogens is 414 g/mol. The van der Waals surface area contributed by atoms with E-state index in [0.29, 0.717) is 0 Å². The van der Waals surface area contributed by atoms with Gasteiger partial charge in [-0.25, -0.2) is 0 Å². The Labute approximate surface area is 154 Å². The first-order valence-electron chi connectivity index (χ1n) is 8.80. The third kappa shape index (κ3) is 2.59. The Bertz CT molecular complexity index is 717. The third-order valence-corrected chi connectivity index (χ3v) is 28.3. The zero-order valence-electron chi connectivity index (χ0n) is 14.2. The number of benzene rings is 1. The van der Waals surface area contributed by atoms with Crippen LogP contribution in [0, 0.1) is 0 Å². The van der Waals surface area contributed by atoms with Gasteiger partial charge in [0.2, 0.25) is 0 Å². The van der Waals surface area contributed by atoms with Crippen molar-refractivity contribution in [3.05, 3.63) is 78.4 Å². The standard InChI is InChI=1S/C12H11.C5H5.C4H9.2ClH.Zr/c1-2-5-10-8-9-11-6-3-4-7-12(10)11;1-2-4-5-3-1;1-3-4-2;;;/h2-4,6-9H,1,5H2;1-5H;1,3-4H2,2H3;2*1H;/q;;;;;+2/p-2. The van der Waals surface area contributed by atoms with E-state index in [1.165, 1.54) is 11.1 Å². The number of rotatable bonds is 7. The van der Waals surface area contributed by atoms with Crippen LogP contribution in [0.25, 0.3) is 6.08 Å². The minimum absolute atomic E-state index is 0.178. The molecule has 2 aliphatic rings. The fourth-order valence-corrected chi connectivity index (χ4v) is 23.2. The van der Waals surface area contributed by atoms with Gasteiger partial charge in [0.05, 0.1) is 0 Å². The summed E-state index contributed by atoms with van der Waals surface area (Å²) < 4.78 is 0.839. The zero-order chi connectivity index (χ0) is 17.3. The summed E-state index contributed by atoms with van der Waals surface area (Å²) >= 11 is -4.34. The molecule has 0 saturated carbocycles. The van der Waals surface area contributed by atoms with Crippen molar-refractivity contribution in [2.75, 3.05) is 0 Å². The number of hydrogen-bond donors (Lipinski definition) is 0. The van der Waals surface area contributed by atoms with Crippen molar-refractivity contribution in [3.8, 4) is 0 Å². The van der Waals surface area contributed by atoms with Gasteiger partial charge in [-0.15, -0.1) is 0 Å². The predicted octanol–water partition coefficient (Wildman–Crippen LogP) is 7.61. The molecule has 24 heavy (non-hydrogen) atoms. The van der Waals surface area contributed by atoms with Crippen LogP contribution in [-0.4, -0.2) is 0 Å². The molecule has 2 aliphatic carbocycles. The van der Waals surface area contributed by atoms with E-state index in [2.05, 4.69) is 74.2 Å². The molecule has 0 nitrogen and oxygen atoms in total. The molecule has 0 amide bonds. The molecule has 0 aromatic heterocycles. The molecule has 0 aliphatic heterocycles. The molecule has 127 valence electrons. The van der Waals surface area contributed by atoms with Gasteiger partial charge in [-0.3, -0.25) is 0 Å². The molecule has 0 spiro atoms. The molecule has 0 bridgehead atoms. The van der Waals surface area contributed by atoms with Crippen molar-refractivity contribution in [3.63, 3.8) is 0 Å². The summed E-state index contributed by atoms with van der Waals surface area (Å²) in [4.78, 5) is 0. The van der Waals surface area contributed by atoms with E-state index < -0.39 is 16.4 Å². The summed E-state index contributed by atoms with van der Waals surface area (Å²) in [6.45, 7) is 6.25. The normalized spacial score (nSPS) is 24.0. The van der Waals surface area contributed by atoms with E-state index in [-0.39, 0.29) is 6.75 Å². The second-order valence-corrected chi connectivity index (χ2v) is 29.7. The van der Waals surface area contributed by atoms with E-state index in [9.17, 15) is 0 Å². The average molecular weight is 440 g/mol. The number of unbranched alkanes of at least 4 members (excludes halogenated alkanes) is 1. The maximum atomic E-state index is 7.72. The van der Waals surface area contributed by atoms with Crippen LogP contribution in [0.2, 0.25) is 7.75 Å². The first-order valence-corrected chi connectivity index (χ1v) is 19.5. The van der Waals surface area contributed by atoms with Crippen LogP contribution >= 0.6 is 17.0 Å². The molecule has 1 aromatic rings. The Morgan fingerprint density at radius 2 is 1.92 bits per heavy atom. The first kappa shape index (κ1) is 18.4. The Kier molecular flexibility index (Phi) is 5.18. The van der Waals surface area contributed by atoms with Crippen LogP contribution in [0.3, 0.4) is 0 Å². The Morgan fingerprint density at radius 1 is 1.21 bits per heavy atom. The molecule has 3 heteroatoms. The van der Waals surface area contributed by atoms with E-state index in [1.54, 1.807) is 0 Å². The van der Waals surface area contributed by atoms with E-state index in [4.69, 9.17) is 17.0 Å².